The summed E-state index contributed by atoms with van der Waals surface area (Å²) in [6, 6.07) is 1.98. The first-order chi connectivity index (χ1) is 15.4. The van der Waals surface area contributed by atoms with Gasteiger partial charge in [-0.15, -0.1) is 0 Å². The molecule has 3 heterocycles. The smallest absolute Gasteiger partial charge is 0.251 e. The van der Waals surface area contributed by atoms with Crippen LogP contribution in [0.15, 0.2) is 31.1 Å². The number of nitrogens with zero attached hydrogens (tertiary/aromatic N) is 4. The summed E-state index contributed by atoms with van der Waals surface area (Å²) in [6.07, 6.45) is 10.2. The second kappa shape index (κ2) is 13.1. The minimum absolute atomic E-state index is 0.134. The molecule has 0 saturated carbocycles. The summed E-state index contributed by atoms with van der Waals surface area (Å²) < 4.78 is 25.1. The van der Waals surface area contributed by atoms with Gasteiger partial charge in [0, 0.05) is 55.0 Å². The fourth-order valence-corrected chi connectivity index (χ4v) is 4.04. The molecule has 0 spiro atoms. The predicted molar refractivity (Wildman–Crippen MR) is 130 cm³/mol. The second-order valence-corrected chi connectivity index (χ2v) is 8.02. The van der Waals surface area contributed by atoms with Crippen LogP contribution in [0.5, 0.6) is 0 Å². The third-order valence-electron chi connectivity index (χ3n) is 5.48. The van der Waals surface area contributed by atoms with Crippen LogP contribution in [0.25, 0.3) is 12.2 Å². The number of H-pyrrole nitrogens is 1. The van der Waals surface area contributed by atoms with Crippen molar-refractivity contribution in [3.8, 4) is 0 Å². The molecule has 0 fully saturated rings. The monoisotopic (exact) mass is 445 g/mol. The number of anilines is 1. The van der Waals surface area contributed by atoms with E-state index in [2.05, 4.69) is 40.3 Å². The van der Waals surface area contributed by atoms with Crippen molar-refractivity contribution >= 4 is 18.1 Å². The van der Waals surface area contributed by atoms with Gasteiger partial charge in [-0.1, -0.05) is 32.6 Å². The summed E-state index contributed by atoms with van der Waals surface area (Å²) in [5, 5.41) is 0. The number of rotatable bonds is 9. The van der Waals surface area contributed by atoms with Crippen LogP contribution < -0.4 is 4.90 Å². The molecule has 1 N–H and O–H groups in total. The zero-order chi connectivity index (χ0) is 23.5. The van der Waals surface area contributed by atoms with E-state index in [1.807, 2.05) is 43.0 Å². The van der Waals surface area contributed by atoms with Crippen LogP contribution >= 0.6 is 0 Å². The Morgan fingerprint density at radius 1 is 1.25 bits per heavy atom. The zero-order valence-corrected chi connectivity index (χ0v) is 19.8. The molecule has 0 amide bonds. The molecule has 7 heteroatoms. The molecular weight excluding hydrogens is 408 g/mol. The Morgan fingerprint density at radius 2 is 1.91 bits per heavy atom. The average Bonchev–Trinajstić information content (AvgIpc) is 3.10. The number of alkyl halides is 2. The summed E-state index contributed by atoms with van der Waals surface area (Å²) in [4.78, 5) is 15.8. The highest BCUT2D eigenvalue weighted by atomic mass is 19.3. The molecule has 0 bridgehead atoms. The molecule has 5 nitrogen and oxygen atoms in total. The summed E-state index contributed by atoms with van der Waals surface area (Å²) in [5.74, 6) is 0.853. The largest absolute Gasteiger partial charge is 0.357 e. The lowest BCUT2D eigenvalue weighted by Gasteiger charge is -2.33. The Labute approximate surface area is 191 Å². The number of fused-ring (bicyclic) bond motifs is 1. The van der Waals surface area contributed by atoms with Crippen molar-refractivity contribution in [2.24, 2.45) is 0 Å². The first-order valence-corrected chi connectivity index (χ1v) is 11.5. The zero-order valence-electron chi connectivity index (χ0n) is 19.8. The van der Waals surface area contributed by atoms with Crippen LogP contribution in [0, 0.1) is 0 Å². The van der Waals surface area contributed by atoms with E-state index in [9.17, 15) is 8.78 Å². The molecule has 1 aliphatic rings. The molecule has 1 unspecified atom stereocenters. The van der Waals surface area contributed by atoms with Crippen molar-refractivity contribution in [1.29, 1.82) is 0 Å². The number of aromatic nitrogens is 3. The second-order valence-electron chi connectivity index (χ2n) is 8.02. The number of hydrogen-bond donors (Lipinski definition) is 1. The minimum atomic E-state index is -2.28. The topological polar surface area (TPSA) is 48.1 Å². The Bertz CT molecular complexity index is 842. The third kappa shape index (κ3) is 6.99. The molecule has 0 radical (unpaired) electrons. The molecule has 2 aromatic rings. The van der Waals surface area contributed by atoms with Crippen molar-refractivity contribution in [2.45, 2.75) is 66.0 Å². The molecule has 32 heavy (non-hydrogen) atoms. The van der Waals surface area contributed by atoms with Crippen LogP contribution in [0.4, 0.5) is 14.7 Å². The van der Waals surface area contributed by atoms with Crippen molar-refractivity contribution in [3.05, 3.63) is 53.6 Å². The van der Waals surface area contributed by atoms with E-state index in [4.69, 9.17) is 0 Å². The Morgan fingerprint density at radius 3 is 2.44 bits per heavy atom. The molecular formula is C25H37F2N5. The van der Waals surface area contributed by atoms with Gasteiger partial charge < -0.3 is 9.88 Å². The molecule has 1 atom stereocenters. The van der Waals surface area contributed by atoms with Gasteiger partial charge in [-0.2, -0.15) is 0 Å². The normalized spacial score (nSPS) is 16.0. The maximum atomic E-state index is 12.6. The third-order valence-corrected chi connectivity index (χ3v) is 5.48. The Hall–Kier alpha value is -2.54. The van der Waals surface area contributed by atoms with E-state index in [-0.39, 0.29) is 12.6 Å². The quantitative estimate of drug-likeness (QED) is 0.529. The number of allylic oxidation sites excluding steroid dienone is 1. The van der Waals surface area contributed by atoms with Crippen LogP contribution in [0.3, 0.4) is 0 Å². The van der Waals surface area contributed by atoms with Crippen LogP contribution in [-0.2, 0) is 13.0 Å². The lowest BCUT2D eigenvalue weighted by molar-refractivity contribution is 0.0596. The van der Waals surface area contributed by atoms with Gasteiger partial charge in [-0.05, 0) is 50.8 Å². The molecule has 0 aromatic carbocycles. The lowest BCUT2D eigenvalue weighted by atomic mass is 9.96. The fraction of sp³-hybridized carbons (Fsp3) is 0.520. The van der Waals surface area contributed by atoms with Crippen molar-refractivity contribution in [1.82, 2.24) is 19.9 Å². The molecule has 0 saturated heterocycles. The molecule has 176 valence electrons. The van der Waals surface area contributed by atoms with E-state index >= 15 is 0 Å². The first-order valence-electron chi connectivity index (χ1n) is 11.5. The SMILES string of the molecule is C=Cc1c(/C=C\C)[nH]c2c1CC(C)N(CC(F)F)C2.CCCN(CCC)c1ncccn1. The molecule has 1 aliphatic heterocycles. The highest BCUT2D eigenvalue weighted by molar-refractivity contribution is 5.67. The van der Waals surface area contributed by atoms with Gasteiger partial charge in [0.25, 0.3) is 6.43 Å². The van der Waals surface area contributed by atoms with E-state index in [0.29, 0.717) is 6.54 Å². The predicted octanol–water partition coefficient (Wildman–Crippen LogP) is 5.81. The number of halogens is 2. The maximum absolute atomic E-state index is 12.6. The van der Waals surface area contributed by atoms with Gasteiger partial charge in [0.2, 0.25) is 5.95 Å². The van der Waals surface area contributed by atoms with E-state index < -0.39 is 6.43 Å². The standard InChI is InChI=1S/C15H20F2N2.C10H17N3/c1-4-6-13-11(5-2)12-7-10(3)19(9-15(16)17)8-14(12)18-13;1-3-8-13(9-4-2)10-11-6-5-7-12-10/h4-6,10,15,18H,2,7-9H2,1,3H3;5-7H,3-4,8-9H2,1-2H3/b6-4-;. The van der Waals surface area contributed by atoms with Gasteiger partial charge in [-0.25, -0.2) is 18.7 Å². The number of nitrogens with one attached hydrogen (secondary N) is 1. The Balaban J connectivity index is 0.000000244. The van der Waals surface area contributed by atoms with Crippen molar-refractivity contribution in [3.63, 3.8) is 0 Å². The van der Waals surface area contributed by atoms with Gasteiger partial charge in [0.15, 0.2) is 0 Å². The van der Waals surface area contributed by atoms with Crippen LogP contribution in [0.1, 0.15) is 63.1 Å². The summed E-state index contributed by atoms with van der Waals surface area (Å²) in [6.45, 7) is 14.6. The number of hydrogen-bond acceptors (Lipinski definition) is 4. The number of aromatic amines is 1. The van der Waals surface area contributed by atoms with Crippen molar-refractivity contribution in [2.75, 3.05) is 24.5 Å². The van der Waals surface area contributed by atoms with Gasteiger partial charge in [0.1, 0.15) is 0 Å². The van der Waals surface area contributed by atoms with Gasteiger partial charge in [0.05, 0.1) is 6.54 Å². The highest BCUT2D eigenvalue weighted by Gasteiger charge is 2.28. The summed E-state index contributed by atoms with van der Waals surface area (Å²) >= 11 is 0. The fourth-order valence-electron chi connectivity index (χ4n) is 4.04. The summed E-state index contributed by atoms with van der Waals surface area (Å²) in [7, 11) is 0. The first kappa shape index (κ1) is 25.7. The Kier molecular flexibility index (Phi) is 10.5. The van der Waals surface area contributed by atoms with Crippen LogP contribution in [0.2, 0.25) is 0 Å². The minimum Gasteiger partial charge on any atom is -0.357 e. The molecule has 2 aromatic heterocycles. The molecule has 0 aliphatic carbocycles. The lowest BCUT2D eigenvalue weighted by Crippen LogP contribution is -2.41. The van der Waals surface area contributed by atoms with Crippen LogP contribution in [-0.4, -0.2) is 52.0 Å². The van der Waals surface area contributed by atoms with E-state index in [1.54, 1.807) is 12.4 Å². The maximum Gasteiger partial charge on any atom is 0.251 e. The van der Waals surface area contributed by atoms with Crippen molar-refractivity contribution < 1.29 is 8.78 Å². The van der Waals surface area contributed by atoms with Gasteiger partial charge >= 0.3 is 0 Å². The molecule has 3 rings (SSSR count). The van der Waals surface area contributed by atoms with Gasteiger partial charge in [-0.3, -0.25) is 4.90 Å². The summed E-state index contributed by atoms with van der Waals surface area (Å²) in [5.41, 5.74) is 4.40. The average molecular weight is 446 g/mol. The van der Waals surface area contributed by atoms with E-state index in [0.717, 1.165) is 55.3 Å². The van der Waals surface area contributed by atoms with E-state index in [1.165, 1.54) is 5.56 Å². The highest BCUT2D eigenvalue weighted by Crippen LogP contribution is 2.30.